The first kappa shape index (κ1) is 16.3. The molecule has 1 atom stereocenters. The summed E-state index contributed by atoms with van der Waals surface area (Å²) in [4.78, 5) is 10.9. The second-order valence-electron chi connectivity index (χ2n) is 5.12. The van der Waals surface area contributed by atoms with E-state index in [2.05, 4.69) is 0 Å². The van der Waals surface area contributed by atoms with Crippen molar-refractivity contribution in [1.82, 2.24) is 4.31 Å². The van der Waals surface area contributed by atoms with E-state index in [-0.39, 0.29) is 21.5 Å². The molecule has 1 aromatic carbocycles. The standard InChI is InChI=1S/C14H18ClNO4S/c1-2-11-5-3-4-8-16(11)21(19,20)13-9-10(14(17)18)6-7-12(13)15/h6-7,9,11H,2-5,8H2,1H3,(H,17,18)/t11-/m1/s1. The second-order valence-corrected chi connectivity index (χ2v) is 7.39. The molecule has 0 bridgehead atoms. The van der Waals surface area contributed by atoms with Crippen molar-refractivity contribution in [3.63, 3.8) is 0 Å². The smallest absolute Gasteiger partial charge is 0.335 e. The van der Waals surface area contributed by atoms with Gasteiger partial charge >= 0.3 is 5.97 Å². The van der Waals surface area contributed by atoms with E-state index < -0.39 is 16.0 Å². The van der Waals surface area contributed by atoms with E-state index in [0.29, 0.717) is 6.54 Å². The highest BCUT2D eigenvalue weighted by molar-refractivity contribution is 7.89. The molecule has 0 unspecified atom stereocenters. The molecule has 1 aliphatic heterocycles. The first-order chi connectivity index (χ1) is 9.87. The zero-order valence-corrected chi connectivity index (χ0v) is 13.3. The summed E-state index contributed by atoms with van der Waals surface area (Å²) in [6, 6.07) is 3.72. The van der Waals surface area contributed by atoms with E-state index in [9.17, 15) is 13.2 Å². The summed E-state index contributed by atoms with van der Waals surface area (Å²) in [5.74, 6) is -1.17. The van der Waals surface area contributed by atoms with Crippen molar-refractivity contribution < 1.29 is 18.3 Å². The number of hydrogen-bond donors (Lipinski definition) is 1. The molecule has 0 aromatic heterocycles. The molecule has 1 fully saturated rings. The van der Waals surface area contributed by atoms with Crippen molar-refractivity contribution in [2.45, 2.75) is 43.5 Å². The molecule has 0 radical (unpaired) electrons. The first-order valence-corrected chi connectivity index (χ1v) is 8.74. The summed E-state index contributed by atoms with van der Waals surface area (Å²) < 4.78 is 27.1. The number of benzene rings is 1. The third-order valence-corrected chi connectivity index (χ3v) is 6.24. The van der Waals surface area contributed by atoms with Crippen LogP contribution in [0.4, 0.5) is 0 Å². The third kappa shape index (κ3) is 3.22. The fourth-order valence-corrected chi connectivity index (χ4v) is 4.93. The van der Waals surface area contributed by atoms with Crippen LogP contribution in [-0.4, -0.2) is 36.4 Å². The monoisotopic (exact) mass is 331 g/mol. The van der Waals surface area contributed by atoms with Crippen LogP contribution in [0.5, 0.6) is 0 Å². The molecule has 0 saturated carbocycles. The molecular weight excluding hydrogens is 314 g/mol. The molecule has 0 spiro atoms. The highest BCUT2D eigenvalue weighted by atomic mass is 35.5. The van der Waals surface area contributed by atoms with Crippen LogP contribution in [0, 0.1) is 0 Å². The zero-order chi connectivity index (χ0) is 15.6. The van der Waals surface area contributed by atoms with Gasteiger partial charge in [0.1, 0.15) is 4.90 Å². The summed E-state index contributed by atoms with van der Waals surface area (Å²) in [6.07, 6.45) is 3.38. The van der Waals surface area contributed by atoms with Gasteiger partial charge in [-0.3, -0.25) is 0 Å². The van der Waals surface area contributed by atoms with Gasteiger partial charge in [-0.15, -0.1) is 0 Å². The van der Waals surface area contributed by atoms with Gasteiger partial charge in [-0.25, -0.2) is 13.2 Å². The molecule has 21 heavy (non-hydrogen) atoms. The minimum atomic E-state index is -3.77. The van der Waals surface area contributed by atoms with Gasteiger partial charge in [0.05, 0.1) is 10.6 Å². The Kier molecular flexibility index (Phi) is 4.91. The minimum Gasteiger partial charge on any atom is -0.478 e. The second kappa shape index (κ2) is 6.34. The Hall–Kier alpha value is -1.11. The highest BCUT2D eigenvalue weighted by Crippen LogP contribution is 2.31. The molecule has 1 heterocycles. The van der Waals surface area contributed by atoms with Crippen LogP contribution in [0.15, 0.2) is 23.1 Å². The molecule has 1 N–H and O–H groups in total. The number of carbonyl (C=O) groups is 1. The summed E-state index contributed by atoms with van der Waals surface area (Å²) in [7, 11) is -3.77. The summed E-state index contributed by atoms with van der Waals surface area (Å²) >= 11 is 6.00. The minimum absolute atomic E-state index is 0.0479. The lowest BCUT2D eigenvalue weighted by atomic mass is 10.0. The number of halogens is 1. The number of rotatable bonds is 4. The Balaban J connectivity index is 2.47. The van der Waals surface area contributed by atoms with Crippen molar-refractivity contribution >= 4 is 27.6 Å². The van der Waals surface area contributed by atoms with Gasteiger partial charge in [-0.05, 0) is 37.5 Å². The SMILES string of the molecule is CC[C@@H]1CCCCN1S(=O)(=O)c1cc(C(=O)O)ccc1Cl. The summed E-state index contributed by atoms with van der Waals surface area (Å²) in [5, 5.41) is 9.08. The Labute approximate surface area is 129 Å². The van der Waals surface area contributed by atoms with Crippen LogP contribution in [0.3, 0.4) is 0 Å². The molecular formula is C14H18ClNO4S. The third-order valence-electron chi connectivity index (χ3n) is 3.81. The van der Waals surface area contributed by atoms with E-state index in [1.807, 2.05) is 6.92 Å². The zero-order valence-electron chi connectivity index (χ0n) is 11.8. The van der Waals surface area contributed by atoms with Gasteiger partial charge in [0.25, 0.3) is 0 Å². The normalized spacial score (nSPS) is 20.4. The molecule has 1 saturated heterocycles. The number of carboxylic acids is 1. The fourth-order valence-electron chi connectivity index (χ4n) is 2.66. The number of piperidine rings is 1. The fraction of sp³-hybridized carbons (Fsp3) is 0.500. The van der Waals surface area contributed by atoms with Crippen LogP contribution < -0.4 is 0 Å². The van der Waals surface area contributed by atoms with Crippen LogP contribution >= 0.6 is 11.6 Å². The van der Waals surface area contributed by atoms with E-state index in [0.717, 1.165) is 31.7 Å². The number of sulfonamides is 1. The molecule has 7 heteroatoms. The van der Waals surface area contributed by atoms with Crippen molar-refractivity contribution in [3.05, 3.63) is 28.8 Å². The molecule has 2 rings (SSSR count). The van der Waals surface area contributed by atoms with Crippen molar-refractivity contribution in [2.24, 2.45) is 0 Å². The quantitative estimate of drug-likeness (QED) is 0.920. The maximum Gasteiger partial charge on any atom is 0.335 e. The maximum atomic E-state index is 12.8. The van der Waals surface area contributed by atoms with Crippen LogP contribution in [0.25, 0.3) is 0 Å². The van der Waals surface area contributed by atoms with Crippen molar-refractivity contribution in [2.75, 3.05) is 6.54 Å². The van der Waals surface area contributed by atoms with E-state index >= 15 is 0 Å². The predicted octanol–water partition coefficient (Wildman–Crippen LogP) is 2.99. The summed E-state index contributed by atoms with van der Waals surface area (Å²) in [6.45, 7) is 2.41. The van der Waals surface area contributed by atoms with E-state index in [4.69, 9.17) is 16.7 Å². The van der Waals surface area contributed by atoms with Crippen LogP contribution in [0.1, 0.15) is 43.0 Å². The average molecular weight is 332 g/mol. The van der Waals surface area contributed by atoms with Gasteiger partial charge in [0, 0.05) is 12.6 Å². The Bertz CT molecular complexity index is 644. The number of aromatic carboxylic acids is 1. The van der Waals surface area contributed by atoms with E-state index in [1.54, 1.807) is 0 Å². The first-order valence-electron chi connectivity index (χ1n) is 6.92. The number of carboxylic acid groups (broad SMARTS) is 1. The lowest BCUT2D eigenvalue weighted by Crippen LogP contribution is -2.43. The lowest BCUT2D eigenvalue weighted by molar-refractivity contribution is 0.0696. The molecule has 0 amide bonds. The van der Waals surface area contributed by atoms with Gasteiger partial charge < -0.3 is 5.11 Å². The molecule has 116 valence electrons. The highest BCUT2D eigenvalue weighted by Gasteiger charge is 2.34. The van der Waals surface area contributed by atoms with Gasteiger partial charge in [-0.2, -0.15) is 4.31 Å². The number of hydrogen-bond acceptors (Lipinski definition) is 3. The maximum absolute atomic E-state index is 12.8. The van der Waals surface area contributed by atoms with Gasteiger partial charge in [0.15, 0.2) is 0 Å². The topological polar surface area (TPSA) is 74.7 Å². The molecule has 0 aliphatic carbocycles. The van der Waals surface area contributed by atoms with Gasteiger partial charge in [-0.1, -0.05) is 24.9 Å². The Morgan fingerprint density at radius 3 is 2.76 bits per heavy atom. The molecule has 1 aromatic rings. The lowest BCUT2D eigenvalue weighted by Gasteiger charge is -2.34. The van der Waals surface area contributed by atoms with Gasteiger partial charge in [0.2, 0.25) is 10.0 Å². The Morgan fingerprint density at radius 1 is 1.43 bits per heavy atom. The van der Waals surface area contributed by atoms with Crippen molar-refractivity contribution in [3.8, 4) is 0 Å². The average Bonchev–Trinajstić information content (AvgIpc) is 2.47. The van der Waals surface area contributed by atoms with Crippen molar-refractivity contribution in [1.29, 1.82) is 0 Å². The van der Waals surface area contributed by atoms with Crippen LogP contribution in [-0.2, 0) is 10.0 Å². The molecule has 5 nitrogen and oxygen atoms in total. The summed E-state index contributed by atoms with van der Waals surface area (Å²) in [5.41, 5.74) is -0.0805. The number of nitrogens with zero attached hydrogens (tertiary/aromatic N) is 1. The largest absolute Gasteiger partial charge is 0.478 e. The Morgan fingerprint density at radius 2 is 2.14 bits per heavy atom. The molecule has 1 aliphatic rings. The van der Waals surface area contributed by atoms with E-state index in [1.165, 1.54) is 16.4 Å². The van der Waals surface area contributed by atoms with Crippen LogP contribution in [0.2, 0.25) is 5.02 Å². The predicted molar refractivity (Wildman–Crippen MR) is 80.2 cm³/mol.